The van der Waals surface area contributed by atoms with Gasteiger partial charge in [0, 0.05) is 10.6 Å². The number of thiazole rings is 1. The van der Waals surface area contributed by atoms with Crippen LogP contribution in [0.25, 0.3) is 38.3 Å². The number of fused-ring (bicyclic) bond motifs is 2. The van der Waals surface area contributed by atoms with E-state index in [0.29, 0.717) is 27.2 Å². The van der Waals surface area contributed by atoms with Crippen LogP contribution < -0.4 is 5.43 Å². The molecule has 6 aromatic rings. The summed E-state index contributed by atoms with van der Waals surface area (Å²) in [5, 5.41) is 12.3. The van der Waals surface area contributed by atoms with Gasteiger partial charge in [-0.05, 0) is 36.4 Å². The van der Waals surface area contributed by atoms with E-state index in [-0.39, 0.29) is 36.5 Å². The van der Waals surface area contributed by atoms with Crippen molar-refractivity contribution in [3.8, 4) is 22.3 Å². The Hall–Kier alpha value is -3.92. The quantitative estimate of drug-likeness (QED) is 0.295. The summed E-state index contributed by atoms with van der Waals surface area (Å²) in [6, 6.07) is 21.5. The number of benzene rings is 3. The van der Waals surface area contributed by atoms with Gasteiger partial charge in [-0.25, -0.2) is 13.4 Å². The lowest BCUT2D eigenvalue weighted by Crippen LogP contribution is -2.03. The van der Waals surface area contributed by atoms with Gasteiger partial charge in [-0.1, -0.05) is 65.4 Å². The second-order valence-electron chi connectivity index (χ2n) is 7.93. The van der Waals surface area contributed by atoms with E-state index in [9.17, 15) is 18.3 Å². The normalized spacial score (nSPS) is 11.9. The topological polar surface area (TPSA) is 102 Å². The summed E-state index contributed by atoms with van der Waals surface area (Å²) in [6.07, 6.45) is 1.24. The van der Waals surface area contributed by atoms with Gasteiger partial charge in [-0.2, -0.15) is 0 Å². The van der Waals surface area contributed by atoms with Crippen LogP contribution in [-0.2, 0) is 9.84 Å². The summed E-state index contributed by atoms with van der Waals surface area (Å²) >= 11 is 7.12. The number of hydrogen-bond acceptors (Lipinski definition) is 7. The van der Waals surface area contributed by atoms with Crippen LogP contribution in [-0.4, -0.2) is 23.1 Å². The van der Waals surface area contributed by atoms with Gasteiger partial charge in [0.2, 0.25) is 26.7 Å². The van der Waals surface area contributed by atoms with Crippen molar-refractivity contribution in [1.82, 2.24) is 9.55 Å². The van der Waals surface area contributed by atoms with Crippen molar-refractivity contribution in [1.29, 1.82) is 0 Å². The molecule has 6 rings (SSSR count). The highest BCUT2D eigenvalue weighted by Gasteiger charge is 2.28. The third-order valence-electron chi connectivity index (χ3n) is 5.75. The molecule has 0 fully saturated rings. The second-order valence-corrected chi connectivity index (χ2v) is 11.5. The van der Waals surface area contributed by atoms with E-state index in [4.69, 9.17) is 16.0 Å². The van der Waals surface area contributed by atoms with E-state index in [2.05, 4.69) is 4.98 Å². The molecule has 0 bridgehead atoms. The van der Waals surface area contributed by atoms with E-state index < -0.39 is 9.84 Å². The highest BCUT2D eigenvalue weighted by molar-refractivity contribution is 7.93. The maximum Gasteiger partial charge on any atom is 0.243 e. The summed E-state index contributed by atoms with van der Waals surface area (Å²) in [5.74, 6) is -0.374. The van der Waals surface area contributed by atoms with Crippen LogP contribution in [0.4, 0.5) is 0 Å². The summed E-state index contributed by atoms with van der Waals surface area (Å²) in [7, 11) is -3.84. The van der Waals surface area contributed by atoms with Crippen LogP contribution in [0, 0.1) is 0 Å². The lowest BCUT2D eigenvalue weighted by atomic mass is 10.1. The molecule has 0 saturated heterocycles. The number of hydrogen-bond donors (Lipinski definition) is 1. The molecule has 0 atom stereocenters. The Morgan fingerprint density at radius 1 is 0.972 bits per heavy atom. The fourth-order valence-corrected chi connectivity index (χ4v) is 6.86. The first-order valence-corrected chi connectivity index (χ1v) is 13.4. The van der Waals surface area contributed by atoms with E-state index in [1.54, 1.807) is 66.7 Å². The molecule has 3 aromatic carbocycles. The zero-order valence-electron chi connectivity index (χ0n) is 18.3. The molecular weight excluding hydrogens is 520 g/mol. The lowest BCUT2D eigenvalue weighted by molar-refractivity contribution is 0.437. The average Bonchev–Trinajstić information content (AvgIpc) is 3.49. The number of nitrogens with zero attached hydrogens (tertiary/aromatic N) is 2. The van der Waals surface area contributed by atoms with Crippen molar-refractivity contribution in [2.45, 2.75) is 9.10 Å². The Bertz CT molecular complexity index is 1960. The van der Waals surface area contributed by atoms with E-state index in [1.165, 1.54) is 22.9 Å². The monoisotopic (exact) mass is 534 g/mol. The Morgan fingerprint density at radius 2 is 1.72 bits per heavy atom. The molecule has 0 radical (unpaired) electrons. The molecule has 0 unspecified atom stereocenters. The SMILES string of the molecule is O=c1c2ccccc2oc2c(O)n(-c3ncc(S(=O)(=O)c4ccccc4)s3)c(-c3cccc(Cl)c3)c12. The molecular formula is C26H15ClN2O5S2. The van der Waals surface area contributed by atoms with Gasteiger partial charge < -0.3 is 9.52 Å². The van der Waals surface area contributed by atoms with Gasteiger partial charge in [0.15, 0.2) is 5.13 Å². The zero-order chi connectivity index (χ0) is 25.0. The Balaban J connectivity index is 1.68. The summed E-state index contributed by atoms with van der Waals surface area (Å²) < 4.78 is 33.6. The molecule has 0 saturated carbocycles. The molecule has 1 N–H and O–H groups in total. The summed E-state index contributed by atoms with van der Waals surface area (Å²) in [4.78, 5) is 18.0. The molecule has 10 heteroatoms. The third-order valence-corrected chi connectivity index (χ3v) is 9.20. The lowest BCUT2D eigenvalue weighted by Gasteiger charge is -2.08. The highest BCUT2D eigenvalue weighted by atomic mass is 35.5. The van der Waals surface area contributed by atoms with E-state index >= 15 is 0 Å². The molecule has 178 valence electrons. The third kappa shape index (κ3) is 3.43. The van der Waals surface area contributed by atoms with Crippen LogP contribution in [0.5, 0.6) is 5.88 Å². The maximum atomic E-state index is 13.6. The first-order chi connectivity index (χ1) is 17.4. The fourth-order valence-electron chi connectivity index (χ4n) is 4.12. The van der Waals surface area contributed by atoms with E-state index in [1.807, 2.05) is 0 Å². The first-order valence-electron chi connectivity index (χ1n) is 10.7. The predicted octanol–water partition coefficient (Wildman–Crippen LogP) is 6.05. The number of aromatic hydroxyl groups is 1. The Kier molecular flexibility index (Phi) is 5.22. The molecule has 0 amide bonds. The average molecular weight is 535 g/mol. The van der Waals surface area contributed by atoms with Crippen molar-refractivity contribution in [3.63, 3.8) is 0 Å². The van der Waals surface area contributed by atoms with Crippen molar-refractivity contribution in [3.05, 3.63) is 100 Å². The van der Waals surface area contributed by atoms with Crippen LogP contribution in [0.3, 0.4) is 0 Å². The number of sulfone groups is 1. The molecule has 7 nitrogen and oxygen atoms in total. The molecule has 36 heavy (non-hydrogen) atoms. The van der Waals surface area contributed by atoms with Crippen LogP contribution in [0.1, 0.15) is 0 Å². The van der Waals surface area contributed by atoms with Crippen LogP contribution >= 0.6 is 22.9 Å². The number of aromatic nitrogens is 2. The minimum absolute atomic E-state index is 0.0117. The smallest absolute Gasteiger partial charge is 0.243 e. The van der Waals surface area contributed by atoms with Gasteiger partial charge in [0.05, 0.1) is 27.6 Å². The largest absolute Gasteiger partial charge is 0.491 e. The van der Waals surface area contributed by atoms with Crippen LogP contribution in [0.2, 0.25) is 5.02 Å². The highest BCUT2D eigenvalue weighted by Crippen LogP contribution is 2.42. The fraction of sp³-hybridized carbons (Fsp3) is 0. The maximum absolute atomic E-state index is 13.6. The number of halogens is 1. The molecule has 0 aliphatic rings. The molecule has 0 spiro atoms. The summed E-state index contributed by atoms with van der Waals surface area (Å²) in [6.45, 7) is 0. The molecule has 3 heterocycles. The van der Waals surface area contributed by atoms with Crippen molar-refractivity contribution in [2.24, 2.45) is 0 Å². The predicted molar refractivity (Wildman–Crippen MR) is 139 cm³/mol. The minimum Gasteiger partial charge on any atom is -0.491 e. The van der Waals surface area contributed by atoms with Gasteiger partial charge in [-0.3, -0.25) is 9.36 Å². The molecule has 3 aromatic heterocycles. The van der Waals surface area contributed by atoms with Gasteiger partial charge in [-0.15, -0.1) is 0 Å². The van der Waals surface area contributed by atoms with Gasteiger partial charge in [0.1, 0.15) is 9.79 Å². The van der Waals surface area contributed by atoms with Gasteiger partial charge >= 0.3 is 0 Å². The zero-order valence-corrected chi connectivity index (χ0v) is 20.6. The van der Waals surface area contributed by atoms with Crippen molar-refractivity contribution in [2.75, 3.05) is 0 Å². The summed E-state index contributed by atoms with van der Waals surface area (Å²) in [5.41, 5.74) is 0.757. The van der Waals surface area contributed by atoms with Crippen molar-refractivity contribution >= 4 is 54.7 Å². The Labute approximate surface area is 213 Å². The standard InChI is InChI=1S/C26H15ClN2O5S2/c27-16-8-6-7-15(13-16)22-21-23(30)18-11-4-5-12-19(18)34-24(21)25(31)29(22)26-28-14-20(35-26)36(32,33)17-9-2-1-3-10-17/h1-14,31H. The molecule has 0 aliphatic carbocycles. The van der Waals surface area contributed by atoms with E-state index in [0.717, 1.165) is 11.3 Å². The van der Waals surface area contributed by atoms with Gasteiger partial charge in [0.25, 0.3) is 0 Å². The number of para-hydroxylation sites is 1. The Morgan fingerprint density at radius 3 is 2.50 bits per heavy atom. The van der Waals surface area contributed by atoms with Crippen LogP contribution in [0.15, 0.2) is 103 Å². The second kappa shape index (κ2) is 8.34. The van der Waals surface area contributed by atoms with Crippen molar-refractivity contribution < 1.29 is 17.9 Å². The number of rotatable bonds is 4. The first kappa shape index (κ1) is 22.5. The minimum atomic E-state index is -3.84. The molecule has 0 aliphatic heterocycles.